The SMILES string of the molecule is CCCC(C)(C)c1cccc(N)c1. The highest BCUT2D eigenvalue weighted by molar-refractivity contribution is 5.42. The predicted molar refractivity (Wildman–Crippen MR) is 58.8 cm³/mol. The minimum absolute atomic E-state index is 0.254. The van der Waals surface area contributed by atoms with Crippen molar-refractivity contribution in [2.24, 2.45) is 0 Å². The molecule has 0 atom stereocenters. The molecule has 0 aliphatic rings. The topological polar surface area (TPSA) is 26.0 Å². The molecule has 0 spiro atoms. The lowest BCUT2D eigenvalue weighted by molar-refractivity contribution is 0.473. The molecule has 0 amide bonds. The van der Waals surface area contributed by atoms with Crippen molar-refractivity contribution in [3.63, 3.8) is 0 Å². The fraction of sp³-hybridized carbons (Fsp3) is 0.500. The Kier molecular flexibility index (Phi) is 2.97. The minimum Gasteiger partial charge on any atom is -0.399 e. The number of hydrogen-bond donors (Lipinski definition) is 1. The summed E-state index contributed by atoms with van der Waals surface area (Å²) in [6.45, 7) is 6.75. The number of rotatable bonds is 3. The molecule has 0 aromatic heterocycles. The molecule has 0 bridgehead atoms. The highest BCUT2D eigenvalue weighted by Gasteiger charge is 2.18. The molecule has 13 heavy (non-hydrogen) atoms. The van der Waals surface area contributed by atoms with E-state index in [2.05, 4.69) is 32.9 Å². The van der Waals surface area contributed by atoms with Gasteiger partial charge < -0.3 is 5.73 Å². The van der Waals surface area contributed by atoms with Crippen LogP contribution in [0.25, 0.3) is 0 Å². The van der Waals surface area contributed by atoms with Crippen LogP contribution in [0.3, 0.4) is 0 Å². The molecule has 1 aromatic carbocycles. The molecule has 0 fully saturated rings. The molecule has 1 heteroatoms. The van der Waals surface area contributed by atoms with Crippen molar-refractivity contribution in [1.82, 2.24) is 0 Å². The zero-order valence-electron chi connectivity index (χ0n) is 8.80. The lowest BCUT2D eigenvalue weighted by atomic mass is 9.81. The Balaban J connectivity index is 2.93. The molecule has 0 aliphatic heterocycles. The molecule has 0 saturated heterocycles. The molecular formula is C12H19N. The molecule has 72 valence electrons. The van der Waals surface area contributed by atoms with E-state index in [9.17, 15) is 0 Å². The first-order chi connectivity index (χ1) is 6.06. The van der Waals surface area contributed by atoms with Crippen LogP contribution >= 0.6 is 0 Å². The van der Waals surface area contributed by atoms with Gasteiger partial charge in [0.2, 0.25) is 0 Å². The van der Waals surface area contributed by atoms with E-state index in [1.54, 1.807) is 0 Å². The summed E-state index contributed by atoms with van der Waals surface area (Å²) in [7, 11) is 0. The van der Waals surface area contributed by atoms with E-state index in [-0.39, 0.29) is 5.41 Å². The number of nitrogens with two attached hydrogens (primary N) is 1. The molecule has 0 heterocycles. The van der Waals surface area contributed by atoms with E-state index in [1.165, 1.54) is 18.4 Å². The summed E-state index contributed by atoms with van der Waals surface area (Å²) in [5, 5.41) is 0. The summed E-state index contributed by atoms with van der Waals surface area (Å²) in [4.78, 5) is 0. The lowest BCUT2D eigenvalue weighted by Crippen LogP contribution is -2.16. The molecule has 0 saturated carbocycles. The number of nitrogen functional groups attached to an aromatic ring is 1. The van der Waals surface area contributed by atoms with Gasteiger partial charge >= 0.3 is 0 Å². The second-order valence-electron chi connectivity index (χ2n) is 4.26. The summed E-state index contributed by atoms with van der Waals surface area (Å²) < 4.78 is 0. The summed E-state index contributed by atoms with van der Waals surface area (Å²) in [5.41, 5.74) is 8.21. The van der Waals surface area contributed by atoms with E-state index in [0.29, 0.717) is 0 Å². The first-order valence-electron chi connectivity index (χ1n) is 4.92. The van der Waals surface area contributed by atoms with Crippen molar-refractivity contribution in [2.75, 3.05) is 5.73 Å². The van der Waals surface area contributed by atoms with Crippen molar-refractivity contribution >= 4 is 5.69 Å². The minimum atomic E-state index is 0.254. The maximum absolute atomic E-state index is 5.75. The number of hydrogen-bond acceptors (Lipinski definition) is 1. The van der Waals surface area contributed by atoms with Crippen LogP contribution in [-0.4, -0.2) is 0 Å². The Labute approximate surface area is 81.0 Å². The predicted octanol–water partition coefficient (Wildman–Crippen LogP) is 3.35. The van der Waals surface area contributed by atoms with Gasteiger partial charge in [0.05, 0.1) is 0 Å². The maximum atomic E-state index is 5.75. The van der Waals surface area contributed by atoms with Crippen molar-refractivity contribution < 1.29 is 0 Å². The van der Waals surface area contributed by atoms with Crippen molar-refractivity contribution in [1.29, 1.82) is 0 Å². The lowest BCUT2D eigenvalue weighted by Gasteiger charge is -2.24. The van der Waals surface area contributed by atoms with Crippen LogP contribution in [0, 0.1) is 0 Å². The van der Waals surface area contributed by atoms with Gasteiger partial charge in [0.15, 0.2) is 0 Å². The second-order valence-corrected chi connectivity index (χ2v) is 4.26. The summed E-state index contributed by atoms with van der Waals surface area (Å²) in [6, 6.07) is 8.20. The van der Waals surface area contributed by atoms with Gasteiger partial charge in [0.25, 0.3) is 0 Å². The fourth-order valence-electron chi connectivity index (χ4n) is 1.73. The Morgan fingerprint density at radius 2 is 2.00 bits per heavy atom. The number of anilines is 1. The monoisotopic (exact) mass is 177 g/mol. The van der Waals surface area contributed by atoms with Crippen molar-refractivity contribution in [2.45, 2.75) is 39.0 Å². The zero-order valence-corrected chi connectivity index (χ0v) is 8.80. The van der Waals surface area contributed by atoms with Gasteiger partial charge in [-0.2, -0.15) is 0 Å². The summed E-state index contributed by atoms with van der Waals surface area (Å²) in [5.74, 6) is 0. The molecule has 1 rings (SSSR count). The van der Waals surface area contributed by atoms with Crippen LogP contribution in [0.1, 0.15) is 39.2 Å². The molecule has 0 aliphatic carbocycles. The van der Waals surface area contributed by atoms with Crippen molar-refractivity contribution in [3.8, 4) is 0 Å². The van der Waals surface area contributed by atoms with Crippen LogP contribution in [0.5, 0.6) is 0 Å². The Morgan fingerprint density at radius 1 is 1.31 bits per heavy atom. The van der Waals surface area contributed by atoms with Crippen LogP contribution in [-0.2, 0) is 5.41 Å². The van der Waals surface area contributed by atoms with Crippen LogP contribution in [0.15, 0.2) is 24.3 Å². The Morgan fingerprint density at radius 3 is 2.54 bits per heavy atom. The van der Waals surface area contributed by atoms with E-state index in [1.807, 2.05) is 12.1 Å². The third kappa shape index (κ3) is 2.48. The molecular weight excluding hydrogens is 158 g/mol. The van der Waals surface area contributed by atoms with E-state index < -0.39 is 0 Å². The van der Waals surface area contributed by atoms with Gasteiger partial charge in [0.1, 0.15) is 0 Å². The van der Waals surface area contributed by atoms with Gasteiger partial charge in [-0.3, -0.25) is 0 Å². The highest BCUT2D eigenvalue weighted by atomic mass is 14.5. The van der Waals surface area contributed by atoms with Crippen LogP contribution in [0.4, 0.5) is 5.69 Å². The molecule has 0 unspecified atom stereocenters. The third-order valence-electron chi connectivity index (χ3n) is 2.54. The fourth-order valence-corrected chi connectivity index (χ4v) is 1.73. The molecule has 0 radical (unpaired) electrons. The quantitative estimate of drug-likeness (QED) is 0.704. The zero-order chi connectivity index (χ0) is 9.90. The van der Waals surface area contributed by atoms with Crippen LogP contribution < -0.4 is 5.73 Å². The number of benzene rings is 1. The first-order valence-corrected chi connectivity index (χ1v) is 4.92. The standard InChI is InChI=1S/C12H19N/c1-4-8-12(2,3)10-6-5-7-11(13)9-10/h5-7,9H,4,8,13H2,1-3H3. The van der Waals surface area contributed by atoms with E-state index >= 15 is 0 Å². The normalized spacial score (nSPS) is 11.6. The summed E-state index contributed by atoms with van der Waals surface area (Å²) >= 11 is 0. The second kappa shape index (κ2) is 3.82. The Bertz CT molecular complexity index is 276. The van der Waals surface area contributed by atoms with Gasteiger partial charge in [-0.05, 0) is 29.5 Å². The van der Waals surface area contributed by atoms with Gasteiger partial charge in [-0.25, -0.2) is 0 Å². The van der Waals surface area contributed by atoms with Gasteiger partial charge in [-0.15, -0.1) is 0 Å². The molecule has 1 nitrogen and oxygen atoms in total. The molecule has 1 aromatic rings. The highest BCUT2D eigenvalue weighted by Crippen LogP contribution is 2.29. The van der Waals surface area contributed by atoms with Crippen LogP contribution in [0.2, 0.25) is 0 Å². The largest absolute Gasteiger partial charge is 0.399 e. The van der Waals surface area contributed by atoms with Crippen molar-refractivity contribution in [3.05, 3.63) is 29.8 Å². The molecule has 2 N–H and O–H groups in total. The maximum Gasteiger partial charge on any atom is 0.0316 e. The van der Waals surface area contributed by atoms with E-state index in [4.69, 9.17) is 5.73 Å². The van der Waals surface area contributed by atoms with Gasteiger partial charge in [0, 0.05) is 5.69 Å². The van der Waals surface area contributed by atoms with E-state index in [0.717, 1.165) is 5.69 Å². The Hall–Kier alpha value is -0.980. The van der Waals surface area contributed by atoms with Gasteiger partial charge in [-0.1, -0.05) is 39.3 Å². The summed E-state index contributed by atoms with van der Waals surface area (Å²) in [6.07, 6.45) is 2.41. The average molecular weight is 177 g/mol. The smallest absolute Gasteiger partial charge is 0.0316 e. The average Bonchev–Trinajstić information content (AvgIpc) is 2.04. The first kappa shape index (κ1) is 10.1. The third-order valence-corrected chi connectivity index (χ3v) is 2.54.